The largest absolute Gasteiger partial charge is 0.379 e. The maximum absolute atomic E-state index is 13.4. The number of morpholine rings is 1. The summed E-state index contributed by atoms with van der Waals surface area (Å²) in [5, 5.41) is 15.8. The Balaban J connectivity index is 1.35. The van der Waals surface area contributed by atoms with Gasteiger partial charge in [0.15, 0.2) is 6.29 Å². The summed E-state index contributed by atoms with van der Waals surface area (Å²) in [6.07, 6.45) is 6.44. The molecular formula is C27H31N7O5. The molecule has 2 fully saturated rings. The van der Waals surface area contributed by atoms with Gasteiger partial charge in [-0.05, 0) is 43.7 Å². The van der Waals surface area contributed by atoms with Crippen molar-refractivity contribution in [2.24, 2.45) is 0 Å². The highest BCUT2D eigenvalue weighted by Crippen LogP contribution is 2.30. The summed E-state index contributed by atoms with van der Waals surface area (Å²) in [6, 6.07) is 5.29. The van der Waals surface area contributed by atoms with Crippen LogP contribution in [0.3, 0.4) is 0 Å². The number of carbonyl (C=O) groups excluding carboxylic acids is 3. The van der Waals surface area contributed by atoms with E-state index < -0.39 is 6.03 Å². The van der Waals surface area contributed by atoms with Gasteiger partial charge >= 0.3 is 6.03 Å². The number of amides is 3. The number of ether oxygens (including phenoxy) is 2. The fraction of sp³-hybridized carbons (Fsp3) is 0.481. The lowest BCUT2D eigenvalue weighted by atomic mass is 10.0. The SMILES string of the molecule is CO[C@H]1CCC[C@H]1Nc1cc(NC(=O)N2CCCc3cc(CN4CCOCC4=O)c(C=O)nc32)ncc1C#N. The Morgan fingerprint density at radius 3 is 2.95 bits per heavy atom. The van der Waals surface area contributed by atoms with Gasteiger partial charge in [-0.25, -0.2) is 14.8 Å². The molecule has 0 spiro atoms. The zero-order valence-electron chi connectivity index (χ0n) is 21.8. The Labute approximate surface area is 226 Å². The second-order valence-electron chi connectivity index (χ2n) is 9.87. The van der Waals surface area contributed by atoms with Crippen LogP contribution in [0.5, 0.6) is 0 Å². The van der Waals surface area contributed by atoms with Gasteiger partial charge < -0.3 is 19.7 Å². The van der Waals surface area contributed by atoms with E-state index in [-0.39, 0.29) is 36.9 Å². The normalized spacial score (nSPS) is 20.8. The summed E-state index contributed by atoms with van der Waals surface area (Å²) in [5.41, 5.74) is 2.63. The topological polar surface area (TPSA) is 150 Å². The van der Waals surface area contributed by atoms with Crippen molar-refractivity contribution in [2.45, 2.75) is 50.8 Å². The van der Waals surface area contributed by atoms with Crippen LogP contribution in [0.25, 0.3) is 0 Å². The van der Waals surface area contributed by atoms with Crippen LogP contribution in [0.15, 0.2) is 18.3 Å². The van der Waals surface area contributed by atoms with Crippen molar-refractivity contribution >= 4 is 35.5 Å². The molecule has 39 heavy (non-hydrogen) atoms. The number of nitrogens with zero attached hydrogens (tertiary/aromatic N) is 5. The number of hydrogen-bond donors (Lipinski definition) is 2. The van der Waals surface area contributed by atoms with Gasteiger partial charge in [0.2, 0.25) is 5.91 Å². The quantitative estimate of drug-likeness (QED) is 0.512. The highest BCUT2D eigenvalue weighted by Gasteiger charge is 2.29. The van der Waals surface area contributed by atoms with E-state index in [1.807, 2.05) is 6.07 Å². The number of urea groups is 1. The van der Waals surface area contributed by atoms with Crippen molar-refractivity contribution in [3.05, 3.63) is 40.7 Å². The molecule has 2 atom stereocenters. The number of anilines is 3. The number of carbonyl (C=O) groups is 3. The van der Waals surface area contributed by atoms with Crippen LogP contribution < -0.4 is 15.5 Å². The number of fused-ring (bicyclic) bond motifs is 1. The Kier molecular flexibility index (Phi) is 7.99. The van der Waals surface area contributed by atoms with Crippen molar-refractivity contribution in [3.63, 3.8) is 0 Å². The summed E-state index contributed by atoms with van der Waals surface area (Å²) < 4.78 is 10.7. The van der Waals surface area contributed by atoms with Gasteiger partial charge in [-0.2, -0.15) is 5.26 Å². The van der Waals surface area contributed by atoms with Gasteiger partial charge in [0.05, 0.1) is 30.0 Å². The minimum absolute atomic E-state index is 0.0248. The molecule has 4 heterocycles. The molecule has 204 valence electrons. The molecule has 0 unspecified atom stereocenters. The molecule has 12 heteroatoms. The number of aromatic nitrogens is 2. The molecule has 2 N–H and O–H groups in total. The third-order valence-corrected chi connectivity index (χ3v) is 7.43. The van der Waals surface area contributed by atoms with E-state index in [1.54, 1.807) is 18.1 Å². The number of aldehydes is 1. The number of nitriles is 1. The zero-order valence-corrected chi connectivity index (χ0v) is 21.8. The van der Waals surface area contributed by atoms with Crippen LogP contribution in [0.4, 0.5) is 22.1 Å². The van der Waals surface area contributed by atoms with E-state index in [4.69, 9.17) is 9.47 Å². The summed E-state index contributed by atoms with van der Waals surface area (Å²) >= 11 is 0. The number of rotatable bonds is 7. The van der Waals surface area contributed by atoms with Crippen molar-refractivity contribution < 1.29 is 23.9 Å². The third kappa shape index (κ3) is 5.69. The highest BCUT2D eigenvalue weighted by molar-refractivity contribution is 6.02. The molecule has 2 aromatic heterocycles. The molecule has 0 bridgehead atoms. The Morgan fingerprint density at radius 1 is 1.31 bits per heavy atom. The summed E-state index contributed by atoms with van der Waals surface area (Å²) in [5.74, 6) is 0.573. The van der Waals surface area contributed by atoms with Crippen molar-refractivity contribution in [2.75, 3.05) is 48.9 Å². The smallest absolute Gasteiger partial charge is 0.328 e. The Bertz CT molecular complexity index is 1310. The van der Waals surface area contributed by atoms with Gasteiger partial charge in [0.1, 0.15) is 30.0 Å². The number of nitrogens with one attached hydrogen (secondary N) is 2. The lowest BCUT2D eigenvalue weighted by Crippen LogP contribution is -2.42. The molecule has 5 rings (SSSR count). The molecule has 3 aliphatic rings. The van der Waals surface area contributed by atoms with E-state index in [9.17, 15) is 19.6 Å². The zero-order chi connectivity index (χ0) is 27.4. The maximum Gasteiger partial charge on any atom is 0.328 e. The van der Waals surface area contributed by atoms with E-state index in [2.05, 4.69) is 26.7 Å². The molecule has 1 saturated carbocycles. The van der Waals surface area contributed by atoms with Gasteiger partial charge in [-0.1, -0.05) is 0 Å². The lowest BCUT2D eigenvalue weighted by molar-refractivity contribution is -0.143. The molecule has 0 radical (unpaired) electrons. The van der Waals surface area contributed by atoms with E-state index in [0.29, 0.717) is 67.3 Å². The van der Waals surface area contributed by atoms with Crippen molar-refractivity contribution in [1.29, 1.82) is 5.26 Å². The van der Waals surface area contributed by atoms with Crippen molar-refractivity contribution in [3.8, 4) is 6.07 Å². The standard InChI is InChI=1S/C27H31N7O5/c1-38-23-6-2-5-20(23)30-21-11-24(29-13-19(21)12-28)32-27(37)34-7-3-4-17-10-18(22(15-35)31-26(17)34)14-33-8-9-39-16-25(33)36/h10-11,13,15,20,23H,2-9,14,16H2,1H3,(H2,29,30,32,37)/t20-,23+/m1/s1. The van der Waals surface area contributed by atoms with Crippen molar-refractivity contribution in [1.82, 2.24) is 14.9 Å². The summed E-state index contributed by atoms with van der Waals surface area (Å²) in [7, 11) is 1.68. The second-order valence-corrected chi connectivity index (χ2v) is 9.87. The molecule has 12 nitrogen and oxygen atoms in total. The first-order valence-corrected chi connectivity index (χ1v) is 13.1. The minimum Gasteiger partial charge on any atom is -0.379 e. The van der Waals surface area contributed by atoms with Gasteiger partial charge in [-0.3, -0.25) is 19.8 Å². The highest BCUT2D eigenvalue weighted by atomic mass is 16.5. The molecule has 0 aromatic carbocycles. The minimum atomic E-state index is -0.435. The van der Waals surface area contributed by atoms with Crippen LogP contribution in [-0.2, 0) is 27.2 Å². The maximum atomic E-state index is 13.4. The van der Waals surface area contributed by atoms with Crippen LogP contribution in [0.1, 0.15) is 52.9 Å². The number of hydrogen-bond acceptors (Lipinski definition) is 9. The number of pyridine rings is 2. The first-order chi connectivity index (χ1) is 19.0. The van der Waals surface area contributed by atoms with Gasteiger partial charge in [-0.15, -0.1) is 0 Å². The number of aryl methyl sites for hydroxylation is 1. The Morgan fingerprint density at radius 2 is 2.18 bits per heavy atom. The van der Waals surface area contributed by atoms with E-state index in [0.717, 1.165) is 24.8 Å². The van der Waals surface area contributed by atoms with Crippen LogP contribution in [0, 0.1) is 11.3 Å². The van der Waals surface area contributed by atoms with Gasteiger partial charge in [0, 0.05) is 44.6 Å². The summed E-state index contributed by atoms with van der Waals surface area (Å²) in [6.45, 7) is 1.60. The third-order valence-electron chi connectivity index (χ3n) is 7.43. The molecule has 1 aliphatic carbocycles. The van der Waals surface area contributed by atoms with Gasteiger partial charge in [0.25, 0.3) is 0 Å². The second kappa shape index (κ2) is 11.8. The van der Waals surface area contributed by atoms with E-state index >= 15 is 0 Å². The lowest BCUT2D eigenvalue weighted by Gasteiger charge is -2.31. The fourth-order valence-electron chi connectivity index (χ4n) is 5.39. The Hall–Kier alpha value is -4.08. The molecule has 2 aromatic rings. The monoisotopic (exact) mass is 533 g/mol. The first-order valence-electron chi connectivity index (χ1n) is 13.1. The average Bonchev–Trinajstić information content (AvgIpc) is 3.40. The van der Waals surface area contributed by atoms with Crippen LogP contribution in [0.2, 0.25) is 0 Å². The fourth-order valence-corrected chi connectivity index (χ4v) is 5.39. The first kappa shape index (κ1) is 26.5. The van der Waals surface area contributed by atoms with Crippen LogP contribution in [-0.4, -0.2) is 78.7 Å². The molecular weight excluding hydrogens is 502 g/mol. The van der Waals surface area contributed by atoms with E-state index in [1.165, 1.54) is 11.1 Å². The average molecular weight is 534 g/mol. The predicted octanol–water partition coefficient (Wildman–Crippen LogP) is 2.48. The van der Waals surface area contributed by atoms with Crippen LogP contribution >= 0.6 is 0 Å². The molecule has 3 amide bonds. The molecule has 2 aliphatic heterocycles. The number of methoxy groups -OCH3 is 1. The summed E-state index contributed by atoms with van der Waals surface area (Å²) in [4.78, 5) is 49.4. The molecule has 1 saturated heterocycles. The predicted molar refractivity (Wildman–Crippen MR) is 142 cm³/mol.